The van der Waals surface area contributed by atoms with Crippen molar-refractivity contribution >= 4 is 17.5 Å². The van der Waals surface area contributed by atoms with Crippen LogP contribution in [0.25, 0.3) is 0 Å². The van der Waals surface area contributed by atoms with E-state index in [1.54, 1.807) is 18.2 Å². The Kier molecular flexibility index (Phi) is 4.38. The number of amides is 1. The molecule has 1 saturated heterocycles. The van der Waals surface area contributed by atoms with Crippen LogP contribution in [0.1, 0.15) is 11.1 Å². The third-order valence-corrected chi connectivity index (χ3v) is 3.48. The second kappa shape index (κ2) is 6.02. The van der Waals surface area contributed by atoms with E-state index in [0.717, 1.165) is 5.56 Å². The second-order valence-corrected chi connectivity index (χ2v) is 4.79. The number of ether oxygens (including phenoxy) is 1. The van der Waals surface area contributed by atoms with Gasteiger partial charge in [0.05, 0.1) is 24.8 Å². The smallest absolute Gasteiger partial charge is 0.237 e. The first kappa shape index (κ1) is 13.8. The van der Waals surface area contributed by atoms with Crippen LogP contribution in [0.2, 0.25) is 5.02 Å². The average Bonchev–Trinajstić information content (AvgIpc) is 2.41. The van der Waals surface area contributed by atoms with Crippen LogP contribution < -0.4 is 5.73 Å². The minimum absolute atomic E-state index is 0.309. The third-order valence-electron chi connectivity index (χ3n) is 3.12. The van der Waals surface area contributed by atoms with Crippen molar-refractivity contribution in [1.82, 2.24) is 4.90 Å². The van der Waals surface area contributed by atoms with Gasteiger partial charge in [-0.25, -0.2) is 0 Å². The predicted molar refractivity (Wildman–Crippen MR) is 70.4 cm³/mol. The summed E-state index contributed by atoms with van der Waals surface area (Å²) in [5, 5.41) is 9.31. The van der Waals surface area contributed by atoms with Crippen molar-refractivity contribution in [1.29, 1.82) is 5.26 Å². The van der Waals surface area contributed by atoms with E-state index in [2.05, 4.69) is 0 Å². The van der Waals surface area contributed by atoms with Crippen LogP contribution >= 0.6 is 11.6 Å². The van der Waals surface area contributed by atoms with E-state index in [0.29, 0.717) is 36.9 Å². The van der Waals surface area contributed by atoms with Gasteiger partial charge in [-0.15, -0.1) is 0 Å². The van der Waals surface area contributed by atoms with E-state index in [1.165, 1.54) is 0 Å². The Balaban J connectivity index is 2.15. The molecule has 0 radical (unpaired) electrons. The van der Waals surface area contributed by atoms with Crippen molar-refractivity contribution < 1.29 is 9.53 Å². The van der Waals surface area contributed by atoms with E-state index in [-0.39, 0.29) is 0 Å². The Morgan fingerprint density at radius 3 is 3.05 bits per heavy atom. The van der Waals surface area contributed by atoms with Gasteiger partial charge in [-0.1, -0.05) is 17.7 Å². The number of nitriles is 1. The topological polar surface area (TPSA) is 79.3 Å². The van der Waals surface area contributed by atoms with Crippen LogP contribution in [-0.2, 0) is 16.1 Å². The van der Waals surface area contributed by atoms with Crippen LogP contribution in [0.4, 0.5) is 0 Å². The number of primary amides is 1. The molecule has 1 aliphatic heterocycles. The standard InChI is InChI=1S/C13H14ClN3O2/c14-11-5-9(6-15)1-2-10(11)7-17-3-4-19-8-12(17)13(16)18/h1-2,5,12H,3-4,7-8H2,(H2,16,18). The van der Waals surface area contributed by atoms with Crippen LogP contribution in [0.3, 0.4) is 0 Å². The monoisotopic (exact) mass is 279 g/mol. The van der Waals surface area contributed by atoms with Gasteiger partial charge in [-0.05, 0) is 17.7 Å². The summed E-state index contributed by atoms with van der Waals surface area (Å²) in [5.41, 5.74) is 6.74. The van der Waals surface area contributed by atoms with E-state index >= 15 is 0 Å². The minimum atomic E-state index is -0.430. The summed E-state index contributed by atoms with van der Waals surface area (Å²) in [4.78, 5) is 13.3. The number of nitrogens with two attached hydrogens (primary N) is 1. The van der Waals surface area contributed by atoms with Gasteiger partial charge in [0, 0.05) is 18.1 Å². The maximum absolute atomic E-state index is 11.4. The van der Waals surface area contributed by atoms with E-state index in [1.807, 2.05) is 11.0 Å². The van der Waals surface area contributed by atoms with Crippen molar-refractivity contribution in [2.45, 2.75) is 12.6 Å². The second-order valence-electron chi connectivity index (χ2n) is 4.38. The molecule has 1 amide bonds. The normalized spacial score (nSPS) is 19.9. The van der Waals surface area contributed by atoms with Gasteiger partial charge in [-0.2, -0.15) is 5.26 Å². The number of nitrogens with zero attached hydrogens (tertiary/aromatic N) is 2. The molecule has 1 atom stereocenters. The molecular formula is C13H14ClN3O2. The third kappa shape index (κ3) is 3.24. The van der Waals surface area contributed by atoms with Gasteiger partial charge in [0.15, 0.2) is 0 Å². The first-order valence-corrected chi connectivity index (χ1v) is 6.29. The first-order valence-electron chi connectivity index (χ1n) is 5.91. The molecule has 6 heteroatoms. The summed E-state index contributed by atoms with van der Waals surface area (Å²) in [6, 6.07) is 6.73. The zero-order valence-electron chi connectivity index (χ0n) is 10.3. The Morgan fingerprint density at radius 2 is 2.42 bits per heavy atom. The fourth-order valence-corrected chi connectivity index (χ4v) is 2.29. The lowest BCUT2D eigenvalue weighted by Crippen LogP contribution is -2.51. The molecule has 0 aromatic heterocycles. The lowest BCUT2D eigenvalue weighted by Gasteiger charge is -2.33. The fourth-order valence-electron chi connectivity index (χ4n) is 2.05. The Morgan fingerprint density at radius 1 is 1.63 bits per heavy atom. The summed E-state index contributed by atoms with van der Waals surface area (Å²) >= 11 is 6.13. The Hall–Kier alpha value is -1.61. The molecule has 1 fully saturated rings. The summed E-state index contributed by atoms with van der Waals surface area (Å²) in [6.45, 7) is 2.02. The molecule has 0 spiro atoms. The van der Waals surface area contributed by atoms with Crippen molar-refractivity contribution in [3.63, 3.8) is 0 Å². The highest BCUT2D eigenvalue weighted by Crippen LogP contribution is 2.21. The highest BCUT2D eigenvalue weighted by molar-refractivity contribution is 6.31. The van der Waals surface area contributed by atoms with Gasteiger partial charge in [0.25, 0.3) is 0 Å². The SMILES string of the molecule is N#Cc1ccc(CN2CCOCC2C(N)=O)c(Cl)c1. The number of hydrogen-bond donors (Lipinski definition) is 1. The number of carbonyl (C=O) groups is 1. The largest absolute Gasteiger partial charge is 0.378 e. The van der Waals surface area contributed by atoms with Crippen LogP contribution in [0.5, 0.6) is 0 Å². The van der Waals surface area contributed by atoms with E-state index < -0.39 is 11.9 Å². The van der Waals surface area contributed by atoms with Crippen molar-refractivity contribution in [3.05, 3.63) is 34.3 Å². The molecule has 1 aliphatic rings. The molecule has 1 heterocycles. The zero-order chi connectivity index (χ0) is 13.8. The molecule has 5 nitrogen and oxygen atoms in total. The van der Waals surface area contributed by atoms with Gasteiger partial charge in [0.1, 0.15) is 6.04 Å². The lowest BCUT2D eigenvalue weighted by atomic mass is 10.1. The number of benzene rings is 1. The first-order chi connectivity index (χ1) is 9.11. The molecule has 0 saturated carbocycles. The molecule has 1 unspecified atom stereocenters. The molecule has 2 rings (SSSR count). The summed E-state index contributed by atoms with van der Waals surface area (Å²) < 4.78 is 5.26. The highest BCUT2D eigenvalue weighted by atomic mass is 35.5. The van der Waals surface area contributed by atoms with E-state index in [4.69, 9.17) is 27.3 Å². The number of morpholine rings is 1. The van der Waals surface area contributed by atoms with Gasteiger partial charge >= 0.3 is 0 Å². The maximum atomic E-state index is 11.4. The van der Waals surface area contributed by atoms with Gasteiger partial charge in [-0.3, -0.25) is 9.69 Å². The fraction of sp³-hybridized carbons (Fsp3) is 0.385. The molecule has 100 valence electrons. The number of hydrogen-bond acceptors (Lipinski definition) is 4. The highest BCUT2D eigenvalue weighted by Gasteiger charge is 2.27. The molecule has 1 aromatic carbocycles. The number of rotatable bonds is 3. The molecule has 19 heavy (non-hydrogen) atoms. The molecular weight excluding hydrogens is 266 g/mol. The zero-order valence-corrected chi connectivity index (χ0v) is 11.1. The minimum Gasteiger partial charge on any atom is -0.378 e. The average molecular weight is 280 g/mol. The quantitative estimate of drug-likeness (QED) is 0.891. The van der Waals surface area contributed by atoms with Gasteiger partial charge in [0.2, 0.25) is 5.91 Å². The molecule has 0 aliphatic carbocycles. The maximum Gasteiger partial charge on any atom is 0.237 e. The molecule has 0 bridgehead atoms. The molecule has 2 N–H and O–H groups in total. The van der Waals surface area contributed by atoms with Gasteiger partial charge < -0.3 is 10.5 Å². The van der Waals surface area contributed by atoms with Crippen LogP contribution in [0.15, 0.2) is 18.2 Å². The van der Waals surface area contributed by atoms with Crippen molar-refractivity contribution in [2.75, 3.05) is 19.8 Å². The number of halogens is 1. The molecule has 1 aromatic rings. The predicted octanol–water partition coefficient (Wildman–Crippen LogP) is 0.898. The number of carbonyl (C=O) groups excluding carboxylic acids is 1. The van der Waals surface area contributed by atoms with Crippen molar-refractivity contribution in [2.24, 2.45) is 5.73 Å². The van der Waals surface area contributed by atoms with Crippen molar-refractivity contribution in [3.8, 4) is 6.07 Å². The Labute approximate surface area is 116 Å². The van der Waals surface area contributed by atoms with E-state index in [9.17, 15) is 4.79 Å². The summed E-state index contributed by atoms with van der Waals surface area (Å²) in [5.74, 6) is -0.399. The van der Waals surface area contributed by atoms with Crippen LogP contribution in [-0.4, -0.2) is 36.6 Å². The Bertz CT molecular complexity index is 527. The summed E-state index contributed by atoms with van der Waals surface area (Å²) in [7, 11) is 0. The van der Waals surface area contributed by atoms with Crippen LogP contribution in [0, 0.1) is 11.3 Å². The lowest BCUT2D eigenvalue weighted by molar-refractivity contribution is -0.129. The summed E-state index contributed by atoms with van der Waals surface area (Å²) in [6.07, 6.45) is 0.